The van der Waals surface area contributed by atoms with E-state index in [2.05, 4.69) is 20.6 Å². The number of aromatic nitrogens is 2. The topological polar surface area (TPSA) is 166 Å². The number of benzene rings is 4. The van der Waals surface area contributed by atoms with E-state index in [1.807, 2.05) is 0 Å². The summed E-state index contributed by atoms with van der Waals surface area (Å²) in [6.45, 7) is 8.75. The van der Waals surface area contributed by atoms with E-state index in [9.17, 15) is 36.7 Å². The zero-order chi connectivity index (χ0) is 46.9. The average molecular weight is 922 g/mol. The molecular weight excluding hydrogens is 883 g/mol. The van der Waals surface area contributed by atoms with Crippen LogP contribution in [0.3, 0.4) is 0 Å². The zero-order valence-electron chi connectivity index (χ0n) is 34.5. The Bertz CT molecular complexity index is 2640. The molecule has 0 saturated heterocycles. The molecule has 6 aromatic rings. The summed E-state index contributed by atoms with van der Waals surface area (Å²) in [6, 6.07) is 20.5. The first-order valence-electron chi connectivity index (χ1n) is 19.0. The maximum atomic E-state index is 14.0. The number of para-hydroxylation sites is 2. The van der Waals surface area contributed by atoms with Crippen LogP contribution < -0.4 is 20.1 Å². The van der Waals surface area contributed by atoms with Crippen molar-refractivity contribution >= 4 is 47.0 Å². The smallest absolute Gasteiger partial charge is 0.338 e. The van der Waals surface area contributed by atoms with Crippen molar-refractivity contribution in [2.45, 2.75) is 52.3 Å². The van der Waals surface area contributed by atoms with Gasteiger partial charge in [0.1, 0.15) is 16.7 Å². The standard InChI is InChI=1S/C25H23ClF2N2O4.C21H15ClF2N2O4/c1-14(15-8-10-16(11-9-15)24(32)34-25(2,3)4)30-22(31)18-12-17(26)13-29-23(18)33-21-19(27)6-5-7-20(21)28;1-11(12-5-7-13(8-6-12)21(28)29)26-19(27)15-9-14(22)10-25-20(15)30-18-16(23)3-2-4-17(18)24/h5-14H,1-4H3,(H,30,31);2-11H,1H3,(H,26,27)(H,28,29)/t14-;11-/m00/s1. The molecule has 0 fully saturated rings. The molecule has 0 aliphatic carbocycles. The molecule has 3 N–H and O–H groups in total. The minimum Gasteiger partial charge on any atom is -0.478 e. The van der Waals surface area contributed by atoms with Crippen LogP contribution in [0.2, 0.25) is 10.0 Å². The lowest BCUT2D eigenvalue weighted by Crippen LogP contribution is -2.27. The van der Waals surface area contributed by atoms with Crippen molar-refractivity contribution in [1.29, 1.82) is 0 Å². The second kappa shape index (κ2) is 20.9. The summed E-state index contributed by atoms with van der Waals surface area (Å²) in [5.74, 6) is -8.59. The quantitative estimate of drug-likeness (QED) is 0.0794. The van der Waals surface area contributed by atoms with Gasteiger partial charge in [-0.1, -0.05) is 59.6 Å². The molecule has 0 aliphatic rings. The molecule has 12 nitrogen and oxygen atoms in total. The highest BCUT2D eigenvalue weighted by Crippen LogP contribution is 2.32. The Balaban J connectivity index is 0.000000243. The van der Waals surface area contributed by atoms with Gasteiger partial charge in [-0.15, -0.1) is 0 Å². The second-order valence-electron chi connectivity index (χ2n) is 14.8. The van der Waals surface area contributed by atoms with Gasteiger partial charge in [-0.25, -0.2) is 37.1 Å². The third kappa shape index (κ3) is 12.8. The average Bonchev–Trinajstić information content (AvgIpc) is 3.24. The summed E-state index contributed by atoms with van der Waals surface area (Å²) in [7, 11) is 0. The first-order valence-corrected chi connectivity index (χ1v) is 19.8. The number of hydrogen-bond acceptors (Lipinski definition) is 9. The fourth-order valence-corrected chi connectivity index (χ4v) is 5.89. The van der Waals surface area contributed by atoms with Crippen molar-refractivity contribution in [2.24, 2.45) is 0 Å². The fourth-order valence-electron chi connectivity index (χ4n) is 5.57. The van der Waals surface area contributed by atoms with E-state index >= 15 is 0 Å². The number of carbonyl (C=O) groups excluding carboxylic acids is 3. The van der Waals surface area contributed by atoms with Gasteiger partial charge >= 0.3 is 11.9 Å². The molecule has 2 aromatic heterocycles. The Morgan fingerprint density at radius 2 is 0.969 bits per heavy atom. The molecule has 0 aliphatic heterocycles. The minimum atomic E-state index is -1.06. The molecular formula is C46H38Cl2F4N4O8. The largest absolute Gasteiger partial charge is 0.478 e. The lowest BCUT2D eigenvalue weighted by molar-refractivity contribution is 0.00689. The van der Waals surface area contributed by atoms with E-state index in [0.717, 1.165) is 24.3 Å². The number of esters is 1. The van der Waals surface area contributed by atoms with Gasteiger partial charge < -0.3 is 30.0 Å². The van der Waals surface area contributed by atoms with Crippen molar-refractivity contribution in [1.82, 2.24) is 20.6 Å². The van der Waals surface area contributed by atoms with E-state index < -0.39 is 76.2 Å². The van der Waals surface area contributed by atoms with Gasteiger partial charge in [-0.2, -0.15) is 0 Å². The molecule has 0 unspecified atom stereocenters. The number of pyridine rings is 2. The molecule has 6 rings (SSSR count). The van der Waals surface area contributed by atoms with Crippen molar-refractivity contribution in [3.05, 3.63) is 176 Å². The number of hydrogen-bond donors (Lipinski definition) is 3. The predicted molar refractivity (Wildman–Crippen MR) is 228 cm³/mol. The van der Waals surface area contributed by atoms with Crippen LogP contribution in [0, 0.1) is 23.3 Å². The Morgan fingerprint density at radius 1 is 0.609 bits per heavy atom. The van der Waals surface area contributed by atoms with E-state index in [1.165, 1.54) is 48.8 Å². The van der Waals surface area contributed by atoms with Crippen LogP contribution in [0.1, 0.15) is 99.3 Å². The van der Waals surface area contributed by atoms with E-state index in [4.69, 9.17) is 42.5 Å². The van der Waals surface area contributed by atoms with Gasteiger partial charge in [0.15, 0.2) is 23.3 Å². The maximum Gasteiger partial charge on any atom is 0.338 e. The van der Waals surface area contributed by atoms with Gasteiger partial charge in [0.05, 0.1) is 33.3 Å². The Labute approximate surface area is 374 Å². The number of carbonyl (C=O) groups is 4. The summed E-state index contributed by atoms with van der Waals surface area (Å²) in [4.78, 5) is 56.6. The molecule has 0 bridgehead atoms. The highest BCUT2D eigenvalue weighted by atomic mass is 35.5. The number of nitrogens with zero attached hydrogens (tertiary/aromatic N) is 2. The number of nitrogens with one attached hydrogen (secondary N) is 2. The van der Waals surface area contributed by atoms with Gasteiger partial charge in [0.25, 0.3) is 11.8 Å². The lowest BCUT2D eigenvalue weighted by Gasteiger charge is -2.20. The molecule has 64 heavy (non-hydrogen) atoms. The fraction of sp³-hybridized carbons (Fsp3) is 0.174. The summed E-state index contributed by atoms with van der Waals surface area (Å²) in [6.07, 6.45) is 2.38. The summed E-state index contributed by atoms with van der Waals surface area (Å²) in [5, 5.41) is 14.7. The molecule has 2 atom stereocenters. The summed E-state index contributed by atoms with van der Waals surface area (Å²) >= 11 is 11.9. The van der Waals surface area contributed by atoms with Crippen molar-refractivity contribution in [3.63, 3.8) is 0 Å². The van der Waals surface area contributed by atoms with Crippen LogP contribution in [0.5, 0.6) is 23.3 Å². The van der Waals surface area contributed by atoms with E-state index in [1.54, 1.807) is 71.0 Å². The van der Waals surface area contributed by atoms with Gasteiger partial charge in [-0.05, 0) is 106 Å². The van der Waals surface area contributed by atoms with Crippen LogP contribution in [-0.2, 0) is 4.74 Å². The first kappa shape index (κ1) is 48.0. The number of amides is 2. The lowest BCUT2D eigenvalue weighted by atomic mass is 10.1. The summed E-state index contributed by atoms with van der Waals surface area (Å²) in [5.41, 5.74) is 0.987. The third-order valence-corrected chi connectivity index (χ3v) is 9.17. The van der Waals surface area contributed by atoms with Crippen LogP contribution in [0.15, 0.2) is 109 Å². The second-order valence-corrected chi connectivity index (χ2v) is 15.6. The van der Waals surface area contributed by atoms with Crippen LogP contribution in [0.4, 0.5) is 17.6 Å². The first-order chi connectivity index (χ1) is 30.2. The zero-order valence-corrected chi connectivity index (χ0v) is 36.0. The highest BCUT2D eigenvalue weighted by molar-refractivity contribution is 6.31. The number of carboxylic acids is 1. The molecule has 4 aromatic carbocycles. The van der Waals surface area contributed by atoms with E-state index in [-0.39, 0.29) is 38.5 Å². The number of ether oxygens (including phenoxy) is 3. The Morgan fingerprint density at radius 3 is 1.31 bits per heavy atom. The van der Waals surface area contributed by atoms with Crippen LogP contribution in [0.25, 0.3) is 0 Å². The predicted octanol–water partition coefficient (Wildman–Crippen LogP) is 11.2. The molecule has 332 valence electrons. The van der Waals surface area contributed by atoms with E-state index in [0.29, 0.717) is 16.7 Å². The highest BCUT2D eigenvalue weighted by Gasteiger charge is 2.24. The molecule has 2 heterocycles. The Kier molecular flexibility index (Phi) is 15.7. The molecule has 0 saturated carbocycles. The SMILES string of the molecule is C[C@H](NC(=O)c1cc(Cl)cnc1Oc1c(F)cccc1F)c1ccc(C(=O)O)cc1.C[C@H](NC(=O)c1cc(Cl)cnc1Oc1c(F)cccc1F)c1ccc(C(=O)OC(C)(C)C)cc1. The van der Waals surface area contributed by atoms with Crippen LogP contribution >= 0.6 is 23.2 Å². The molecule has 2 amide bonds. The van der Waals surface area contributed by atoms with Crippen molar-refractivity contribution < 1.29 is 56.1 Å². The van der Waals surface area contributed by atoms with Crippen molar-refractivity contribution in [3.8, 4) is 23.3 Å². The normalized spacial score (nSPS) is 11.9. The van der Waals surface area contributed by atoms with Crippen LogP contribution in [-0.4, -0.2) is 44.4 Å². The number of aromatic carboxylic acids is 1. The summed E-state index contributed by atoms with van der Waals surface area (Å²) < 4.78 is 71.7. The number of rotatable bonds is 12. The molecule has 18 heteroatoms. The minimum absolute atomic E-state index is 0.104. The third-order valence-electron chi connectivity index (χ3n) is 8.76. The maximum absolute atomic E-state index is 14.0. The van der Waals surface area contributed by atoms with Crippen molar-refractivity contribution in [2.75, 3.05) is 0 Å². The molecule has 0 radical (unpaired) electrons. The van der Waals surface area contributed by atoms with Gasteiger partial charge in [0.2, 0.25) is 23.3 Å². The van der Waals surface area contributed by atoms with Gasteiger partial charge in [-0.3, -0.25) is 9.59 Å². The number of carboxylic acid groups (broad SMARTS) is 1. The van der Waals surface area contributed by atoms with Gasteiger partial charge in [0, 0.05) is 12.4 Å². The Hall–Kier alpha value is -7.04. The molecule has 0 spiro atoms. The number of halogens is 6. The monoisotopic (exact) mass is 920 g/mol.